The fourth-order valence-electron chi connectivity index (χ4n) is 2.00. The van der Waals surface area contributed by atoms with Gasteiger partial charge in [-0.05, 0) is 24.3 Å². The van der Waals surface area contributed by atoms with Crippen LogP contribution < -0.4 is 0 Å². The van der Waals surface area contributed by atoms with Crippen LogP contribution in [0.1, 0.15) is 21.9 Å². The summed E-state index contributed by atoms with van der Waals surface area (Å²) in [4.78, 5) is 11.9. The number of hydrogen-bond donors (Lipinski definition) is 0. The molecule has 0 fully saturated rings. The summed E-state index contributed by atoms with van der Waals surface area (Å²) < 4.78 is 38.5. The molecule has 7 heteroatoms. The van der Waals surface area contributed by atoms with Gasteiger partial charge in [0.25, 0.3) is 0 Å². The fraction of sp³-hybridized carbons (Fsp3) is 0.125. The molecule has 23 heavy (non-hydrogen) atoms. The number of hydrogen-bond acceptors (Lipinski definition) is 4. The van der Waals surface area contributed by atoms with Crippen LogP contribution in [0.4, 0.5) is 8.78 Å². The topological polar surface area (TPSA) is 57.3 Å². The van der Waals surface area contributed by atoms with E-state index in [1.807, 2.05) is 0 Å². The van der Waals surface area contributed by atoms with E-state index in [4.69, 9.17) is 9.15 Å². The summed E-state index contributed by atoms with van der Waals surface area (Å²) in [5.74, 6) is -2.25. The van der Waals surface area contributed by atoms with Crippen molar-refractivity contribution in [2.24, 2.45) is 0 Å². The molecule has 0 saturated carbocycles. The molecule has 0 unspecified atom stereocenters. The molecule has 0 atom stereocenters. The lowest BCUT2D eigenvalue weighted by molar-refractivity contribution is 0.0429. The van der Waals surface area contributed by atoms with Gasteiger partial charge < -0.3 is 9.15 Å². The van der Waals surface area contributed by atoms with Crippen molar-refractivity contribution in [1.82, 2.24) is 9.78 Å². The second-order valence-corrected chi connectivity index (χ2v) is 4.76. The molecule has 0 aliphatic carbocycles. The minimum absolute atomic E-state index is 0.0102. The highest BCUT2D eigenvalue weighted by molar-refractivity contribution is 5.86. The van der Waals surface area contributed by atoms with Crippen molar-refractivity contribution in [3.05, 3.63) is 77.5 Å². The lowest BCUT2D eigenvalue weighted by atomic mass is 10.2. The molecule has 0 amide bonds. The molecule has 0 bridgehead atoms. The van der Waals surface area contributed by atoms with Gasteiger partial charge >= 0.3 is 5.97 Å². The van der Waals surface area contributed by atoms with Gasteiger partial charge in [-0.2, -0.15) is 5.10 Å². The summed E-state index contributed by atoms with van der Waals surface area (Å²) in [5.41, 5.74) is -0.0401. The first-order valence-electron chi connectivity index (χ1n) is 6.79. The van der Waals surface area contributed by atoms with Gasteiger partial charge in [0.1, 0.15) is 12.4 Å². The van der Waals surface area contributed by atoms with E-state index in [1.54, 1.807) is 29.2 Å². The van der Waals surface area contributed by atoms with E-state index in [0.29, 0.717) is 12.3 Å². The number of rotatable bonds is 5. The van der Waals surface area contributed by atoms with Crippen LogP contribution in [-0.2, 0) is 17.9 Å². The molecule has 5 nitrogen and oxygen atoms in total. The summed E-state index contributed by atoms with van der Waals surface area (Å²) in [5, 5.41) is 4.02. The molecule has 2 heterocycles. The lowest BCUT2D eigenvalue weighted by Crippen LogP contribution is -2.06. The Labute approximate surface area is 130 Å². The van der Waals surface area contributed by atoms with Gasteiger partial charge in [-0.25, -0.2) is 13.6 Å². The van der Waals surface area contributed by atoms with Crippen LogP contribution in [-0.4, -0.2) is 15.7 Å². The Morgan fingerprint density at radius 2 is 2.09 bits per heavy atom. The van der Waals surface area contributed by atoms with Gasteiger partial charge in [-0.3, -0.25) is 4.68 Å². The molecular formula is C16H12F2N2O3. The zero-order valence-corrected chi connectivity index (χ0v) is 11.9. The minimum Gasteiger partial charge on any atom is -0.455 e. The number of esters is 1. The summed E-state index contributed by atoms with van der Waals surface area (Å²) in [7, 11) is 0. The zero-order chi connectivity index (χ0) is 16.2. The van der Waals surface area contributed by atoms with Crippen LogP contribution in [0.2, 0.25) is 0 Å². The Bertz CT molecular complexity index is 813. The van der Waals surface area contributed by atoms with Crippen molar-refractivity contribution >= 4 is 5.97 Å². The lowest BCUT2D eigenvalue weighted by Gasteiger charge is -2.05. The number of halogens is 2. The summed E-state index contributed by atoms with van der Waals surface area (Å²) >= 11 is 0. The van der Waals surface area contributed by atoms with E-state index in [-0.39, 0.29) is 17.9 Å². The standard InChI is InChI=1S/C16H12F2N2O3/c17-13-4-1-3-11(15(13)18)10-22-16(21)14-6-5-12(23-14)9-20-8-2-7-19-20/h1-8H,9-10H2. The van der Waals surface area contributed by atoms with Gasteiger partial charge in [0, 0.05) is 18.0 Å². The molecule has 0 N–H and O–H groups in total. The molecular weight excluding hydrogens is 306 g/mol. The molecule has 3 rings (SSSR count). The maximum absolute atomic E-state index is 13.5. The van der Waals surface area contributed by atoms with Gasteiger partial charge in [0.05, 0.1) is 6.54 Å². The Morgan fingerprint density at radius 3 is 2.87 bits per heavy atom. The predicted octanol–water partition coefficient (Wildman–Crippen LogP) is 3.16. The van der Waals surface area contributed by atoms with Crippen LogP contribution in [0.5, 0.6) is 0 Å². The van der Waals surface area contributed by atoms with Crippen LogP contribution in [0.25, 0.3) is 0 Å². The monoisotopic (exact) mass is 318 g/mol. The quantitative estimate of drug-likeness (QED) is 0.678. The Balaban J connectivity index is 1.62. The smallest absolute Gasteiger partial charge is 0.374 e. The molecule has 0 aliphatic heterocycles. The average Bonchev–Trinajstić information content (AvgIpc) is 3.21. The van der Waals surface area contributed by atoms with Crippen molar-refractivity contribution < 1.29 is 22.7 Å². The number of ether oxygens (including phenoxy) is 1. The molecule has 0 spiro atoms. The predicted molar refractivity (Wildman–Crippen MR) is 75.5 cm³/mol. The number of aromatic nitrogens is 2. The van der Waals surface area contributed by atoms with E-state index >= 15 is 0 Å². The van der Waals surface area contributed by atoms with Gasteiger partial charge in [-0.15, -0.1) is 0 Å². The molecule has 118 valence electrons. The van der Waals surface area contributed by atoms with Crippen LogP contribution in [0.3, 0.4) is 0 Å². The van der Waals surface area contributed by atoms with Crippen molar-refractivity contribution in [2.75, 3.05) is 0 Å². The molecule has 3 aromatic rings. The maximum atomic E-state index is 13.5. The first-order valence-corrected chi connectivity index (χ1v) is 6.79. The molecule has 0 saturated heterocycles. The van der Waals surface area contributed by atoms with Crippen molar-refractivity contribution in [3.8, 4) is 0 Å². The Morgan fingerprint density at radius 1 is 1.22 bits per heavy atom. The van der Waals surface area contributed by atoms with Crippen LogP contribution in [0, 0.1) is 11.6 Å². The summed E-state index contributed by atoms with van der Waals surface area (Å²) in [6.45, 7) is -0.00355. The maximum Gasteiger partial charge on any atom is 0.374 e. The van der Waals surface area contributed by atoms with Crippen molar-refractivity contribution in [3.63, 3.8) is 0 Å². The summed E-state index contributed by atoms with van der Waals surface area (Å²) in [6.07, 6.45) is 3.39. The average molecular weight is 318 g/mol. The number of carbonyl (C=O) groups is 1. The normalized spacial score (nSPS) is 10.7. The van der Waals surface area contributed by atoms with Gasteiger partial charge in [0.15, 0.2) is 11.6 Å². The van der Waals surface area contributed by atoms with E-state index < -0.39 is 17.6 Å². The minimum atomic E-state index is -1.03. The van der Waals surface area contributed by atoms with Crippen LogP contribution >= 0.6 is 0 Å². The van der Waals surface area contributed by atoms with Crippen LogP contribution in [0.15, 0.2) is 53.2 Å². The highest BCUT2D eigenvalue weighted by Gasteiger charge is 2.15. The first kappa shape index (κ1) is 15.0. The third kappa shape index (κ3) is 3.45. The second kappa shape index (κ2) is 6.43. The van der Waals surface area contributed by atoms with E-state index in [0.717, 1.165) is 6.07 Å². The molecule has 0 aliphatic rings. The Kier molecular flexibility index (Phi) is 4.18. The molecule has 2 aromatic heterocycles. The first-order chi connectivity index (χ1) is 11.1. The Hall–Kier alpha value is -2.96. The highest BCUT2D eigenvalue weighted by Crippen LogP contribution is 2.15. The molecule has 1 aromatic carbocycles. The third-order valence-corrected chi connectivity index (χ3v) is 3.13. The number of furan rings is 1. The molecule has 0 radical (unpaired) electrons. The van der Waals surface area contributed by atoms with Gasteiger partial charge in [0.2, 0.25) is 5.76 Å². The van der Waals surface area contributed by atoms with Gasteiger partial charge in [-0.1, -0.05) is 12.1 Å². The van der Waals surface area contributed by atoms with E-state index in [1.165, 1.54) is 18.2 Å². The number of benzene rings is 1. The summed E-state index contributed by atoms with van der Waals surface area (Å²) in [6, 6.07) is 8.54. The van der Waals surface area contributed by atoms with E-state index in [2.05, 4.69) is 5.10 Å². The highest BCUT2D eigenvalue weighted by atomic mass is 19.2. The van der Waals surface area contributed by atoms with Crippen molar-refractivity contribution in [1.29, 1.82) is 0 Å². The number of nitrogens with zero attached hydrogens (tertiary/aromatic N) is 2. The SMILES string of the molecule is O=C(OCc1cccc(F)c1F)c1ccc(Cn2cccn2)o1. The van der Waals surface area contributed by atoms with E-state index in [9.17, 15) is 13.6 Å². The fourth-order valence-corrected chi connectivity index (χ4v) is 2.00. The number of carbonyl (C=O) groups excluding carboxylic acids is 1. The van der Waals surface area contributed by atoms with Crippen molar-refractivity contribution in [2.45, 2.75) is 13.2 Å². The third-order valence-electron chi connectivity index (χ3n) is 3.13. The second-order valence-electron chi connectivity index (χ2n) is 4.76. The zero-order valence-electron chi connectivity index (χ0n) is 11.9. The largest absolute Gasteiger partial charge is 0.455 e.